The fraction of sp³-hybridized carbons (Fsp3) is 0.538. The molecule has 0 saturated heterocycles. The van der Waals surface area contributed by atoms with Gasteiger partial charge in [-0.05, 0) is 36.9 Å². The third-order valence-corrected chi connectivity index (χ3v) is 3.27. The number of rotatable bonds is 5. The van der Waals surface area contributed by atoms with Crippen LogP contribution in [0.4, 0.5) is 0 Å². The van der Waals surface area contributed by atoms with E-state index in [9.17, 15) is 0 Å². The fourth-order valence-corrected chi connectivity index (χ4v) is 2.14. The topological polar surface area (TPSA) is 35.2 Å². The van der Waals surface area contributed by atoms with Crippen LogP contribution in [0.2, 0.25) is 0 Å². The van der Waals surface area contributed by atoms with Gasteiger partial charge in [0.25, 0.3) is 0 Å². The molecule has 0 bridgehead atoms. The zero-order valence-electron chi connectivity index (χ0n) is 9.33. The predicted molar refractivity (Wildman–Crippen MR) is 62.0 cm³/mol. The first kappa shape index (κ1) is 10.7. The van der Waals surface area contributed by atoms with Crippen LogP contribution >= 0.6 is 0 Å². The molecule has 0 aliphatic heterocycles. The lowest BCUT2D eigenvalue weighted by Crippen LogP contribution is -2.14. The molecule has 0 atom stereocenters. The first-order valence-electron chi connectivity index (χ1n) is 5.59. The molecular weight excluding hydrogens is 186 g/mol. The Labute approximate surface area is 91.4 Å². The van der Waals surface area contributed by atoms with Crippen LogP contribution in [0.1, 0.15) is 24.0 Å². The van der Waals surface area contributed by atoms with E-state index in [0.717, 1.165) is 19.6 Å². The normalized spacial score (nSPS) is 17.7. The summed E-state index contributed by atoms with van der Waals surface area (Å²) < 4.78 is 5.28. The molecule has 2 N–H and O–H groups in total. The van der Waals surface area contributed by atoms with Crippen molar-refractivity contribution in [1.82, 2.24) is 0 Å². The Bertz CT molecular complexity index is 314. The molecule has 1 fully saturated rings. The van der Waals surface area contributed by atoms with E-state index in [-0.39, 0.29) is 0 Å². The van der Waals surface area contributed by atoms with E-state index >= 15 is 0 Å². The summed E-state index contributed by atoms with van der Waals surface area (Å²) in [6.45, 7) is 1.58. The van der Waals surface area contributed by atoms with Crippen molar-refractivity contribution in [3.05, 3.63) is 35.4 Å². The van der Waals surface area contributed by atoms with Crippen molar-refractivity contribution in [1.29, 1.82) is 0 Å². The molecule has 1 aromatic carbocycles. The SMILES string of the molecule is COCC1(c2ccc(CCN)cc2)CC1. The highest BCUT2D eigenvalue weighted by molar-refractivity contribution is 5.34. The summed E-state index contributed by atoms with van der Waals surface area (Å²) in [6, 6.07) is 8.85. The molecule has 0 unspecified atom stereocenters. The van der Waals surface area contributed by atoms with Crippen molar-refractivity contribution >= 4 is 0 Å². The highest BCUT2D eigenvalue weighted by Gasteiger charge is 2.44. The molecule has 1 saturated carbocycles. The highest BCUT2D eigenvalue weighted by Crippen LogP contribution is 2.48. The van der Waals surface area contributed by atoms with Crippen molar-refractivity contribution in [2.45, 2.75) is 24.7 Å². The molecule has 0 aromatic heterocycles. The minimum atomic E-state index is 0.329. The van der Waals surface area contributed by atoms with Gasteiger partial charge < -0.3 is 10.5 Å². The maximum Gasteiger partial charge on any atom is 0.0559 e. The molecule has 2 nitrogen and oxygen atoms in total. The Kier molecular flexibility index (Phi) is 3.08. The second-order valence-electron chi connectivity index (χ2n) is 4.45. The van der Waals surface area contributed by atoms with Gasteiger partial charge in [-0.15, -0.1) is 0 Å². The standard InChI is InChI=1S/C13H19NO/c1-15-10-13(7-8-13)12-4-2-11(3-5-12)6-9-14/h2-5H,6-10,14H2,1H3. The molecular formula is C13H19NO. The van der Waals surface area contributed by atoms with Crippen LogP contribution in [0.25, 0.3) is 0 Å². The summed E-state index contributed by atoms with van der Waals surface area (Å²) in [6.07, 6.45) is 3.49. The number of hydrogen-bond acceptors (Lipinski definition) is 2. The van der Waals surface area contributed by atoms with Gasteiger partial charge in [0.2, 0.25) is 0 Å². The van der Waals surface area contributed by atoms with E-state index in [2.05, 4.69) is 24.3 Å². The van der Waals surface area contributed by atoms with Crippen molar-refractivity contribution in [2.24, 2.45) is 5.73 Å². The average molecular weight is 205 g/mol. The second kappa shape index (κ2) is 4.33. The molecule has 1 aliphatic rings. The first-order chi connectivity index (χ1) is 7.30. The zero-order valence-corrected chi connectivity index (χ0v) is 9.33. The van der Waals surface area contributed by atoms with E-state index in [0.29, 0.717) is 5.41 Å². The zero-order chi connectivity index (χ0) is 10.7. The Balaban J connectivity index is 2.10. The van der Waals surface area contributed by atoms with Crippen LogP contribution in [-0.2, 0) is 16.6 Å². The van der Waals surface area contributed by atoms with Gasteiger partial charge in [0.15, 0.2) is 0 Å². The lowest BCUT2D eigenvalue weighted by Gasteiger charge is -2.14. The maximum atomic E-state index is 5.52. The molecule has 15 heavy (non-hydrogen) atoms. The fourth-order valence-electron chi connectivity index (χ4n) is 2.14. The van der Waals surface area contributed by atoms with Gasteiger partial charge in [-0.2, -0.15) is 0 Å². The van der Waals surface area contributed by atoms with Gasteiger partial charge in [-0.1, -0.05) is 24.3 Å². The minimum absolute atomic E-state index is 0.329. The summed E-state index contributed by atoms with van der Waals surface area (Å²) in [4.78, 5) is 0. The lowest BCUT2D eigenvalue weighted by atomic mass is 9.95. The minimum Gasteiger partial charge on any atom is -0.384 e. The Hall–Kier alpha value is -0.860. The smallest absolute Gasteiger partial charge is 0.0559 e. The van der Waals surface area contributed by atoms with Crippen LogP contribution in [0.15, 0.2) is 24.3 Å². The molecule has 1 aromatic rings. The second-order valence-corrected chi connectivity index (χ2v) is 4.45. The summed E-state index contributed by atoms with van der Waals surface area (Å²) in [5, 5.41) is 0. The van der Waals surface area contributed by atoms with Gasteiger partial charge in [0.05, 0.1) is 6.61 Å². The van der Waals surface area contributed by atoms with Crippen LogP contribution < -0.4 is 5.73 Å². The molecule has 0 radical (unpaired) electrons. The largest absolute Gasteiger partial charge is 0.384 e. The molecule has 1 aliphatic carbocycles. The maximum absolute atomic E-state index is 5.52. The van der Waals surface area contributed by atoms with E-state index in [4.69, 9.17) is 10.5 Å². The van der Waals surface area contributed by atoms with Crippen LogP contribution in [-0.4, -0.2) is 20.3 Å². The lowest BCUT2D eigenvalue weighted by molar-refractivity contribution is 0.171. The van der Waals surface area contributed by atoms with Crippen LogP contribution in [0.3, 0.4) is 0 Å². The molecule has 82 valence electrons. The molecule has 2 rings (SSSR count). The summed E-state index contributed by atoms with van der Waals surface area (Å²) >= 11 is 0. The molecule has 0 heterocycles. The first-order valence-corrected chi connectivity index (χ1v) is 5.59. The molecule has 0 spiro atoms. The van der Waals surface area contributed by atoms with Crippen LogP contribution in [0, 0.1) is 0 Å². The number of nitrogens with two attached hydrogens (primary N) is 1. The average Bonchev–Trinajstić information content (AvgIpc) is 3.01. The van der Waals surface area contributed by atoms with E-state index in [1.807, 2.05) is 0 Å². The number of methoxy groups -OCH3 is 1. The molecule has 2 heteroatoms. The summed E-state index contributed by atoms with van der Waals surface area (Å²) in [5.41, 5.74) is 8.60. The third kappa shape index (κ3) is 2.21. The Morgan fingerprint density at radius 2 is 1.93 bits per heavy atom. The quantitative estimate of drug-likeness (QED) is 0.796. The highest BCUT2D eigenvalue weighted by atomic mass is 16.5. The van der Waals surface area contributed by atoms with E-state index in [1.165, 1.54) is 24.0 Å². The van der Waals surface area contributed by atoms with Gasteiger partial charge in [0.1, 0.15) is 0 Å². The summed E-state index contributed by atoms with van der Waals surface area (Å²) in [5.74, 6) is 0. The van der Waals surface area contributed by atoms with Gasteiger partial charge in [0, 0.05) is 12.5 Å². The Morgan fingerprint density at radius 1 is 1.27 bits per heavy atom. The van der Waals surface area contributed by atoms with E-state index < -0.39 is 0 Å². The van der Waals surface area contributed by atoms with Gasteiger partial charge in [-0.3, -0.25) is 0 Å². The Morgan fingerprint density at radius 3 is 2.40 bits per heavy atom. The predicted octanol–water partition coefficient (Wildman–Crippen LogP) is 1.87. The van der Waals surface area contributed by atoms with Crippen LogP contribution in [0.5, 0.6) is 0 Å². The van der Waals surface area contributed by atoms with Crippen molar-refractivity contribution < 1.29 is 4.74 Å². The van der Waals surface area contributed by atoms with Crippen molar-refractivity contribution in [2.75, 3.05) is 20.3 Å². The van der Waals surface area contributed by atoms with Crippen molar-refractivity contribution in [3.8, 4) is 0 Å². The van der Waals surface area contributed by atoms with Gasteiger partial charge in [-0.25, -0.2) is 0 Å². The number of hydrogen-bond donors (Lipinski definition) is 1. The number of ether oxygens (including phenoxy) is 1. The van der Waals surface area contributed by atoms with E-state index in [1.54, 1.807) is 7.11 Å². The monoisotopic (exact) mass is 205 g/mol. The summed E-state index contributed by atoms with van der Waals surface area (Å²) in [7, 11) is 1.78. The van der Waals surface area contributed by atoms with Crippen molar-refractivity contribution in [3.63, 3.8) is 0 Å². The third-order valence-electron chi connectivity index (χ3n) is 3.27. The van der Waals surface area contributed by atoms with Gasteiger partial charge >= 0.3 is 0 Å². The number of benzene rings is 1. The molecule has 0 amide bonds.